The average molecular weight is 560 g/mol. The number of nitrogens with one attached hydrogen (secondary N) is 1. The quantitative estimate of drug-likeness (QED) is 0.170. The Morgan fingerprint density at radius 2 is 2.03 bits per heavy atom. The lowest BCUT2D eigenvalue weighted by Crippen LogP contribution is -2.20. The normalized spacial score (nSPS) is 11.3. The number of methoxy groups -OCH3 is 1. The summed E-state index contributed by atoms with van der Waals surface area (Å²) in [7, 11) is 1.46. The van der Waals surface area contributed by atoms with Gasteiger partial charge in [-0.2, -0.15) is 5.10 Å². The Bertz CT molecular complexity index is 1360. The fourth-order valence-electron chi connectivity index (χ4n) is 3.25. The molecule has 0 spiro atoms. The van der Waals surface area contributed by atoms with Crippen molar-refractivity contribution in [3.8, 4) is 11.5 Å². The first-order valence-electron chi connectivity index (χ1n) is 10.2. The summed E-state index contributed by atoms with van der Waals surface area (Å²) < 4.78 is 7.67. The van der Waals surface area contributed by atoms with Crippen molar-refractivity contribution in [2.45, 2.75) is 11.7 Å². The first-order chi connectivity index (χ1) is 16.4. The zero-order valence-electron chi connectivity index (χ0n) is 18.0. The SMILES string of the molecule is COc1cc(C=NNC(=O)CSc2nc3ccccc3n2Cc2ccc(Cl)cc2)cc(Br)c1O. The van der Waals surface area contributed by atoms with Crippen molar-refractivity contribution in [3.05, 3.63) is 81.3 Å². The monoisotopic (exact) mass is 558 g/mol. The Labute approximate surface area is 213 Å². The van der Waals surface area contributed by atoms with Crippen LogP contribution in [-0.2, 0) is 11.3 Å². The number of phenols is 1. The van der Waals surface area contributed by atoms with Gasteiger partial charge in [-0.3, -0.25) is 4.79 Å². The fraction of sp³-hybridized carbons (Fsp3) is 0.125. The first-order valence-corrected chi connectivity index (χ1v) is 12.3. The number of amides is 1. The van der Waals surface area contributed by atoms with Crippen molar-refractivity contribution in [2.75, 3.05) is 12.9 Å². The molecule has 0 atom stereocenters. The van der Waals surface area contributed by atoms with E-state index in [1.54, 1.807) is 12.1 Å². The highest BCUT2D eigenvalue weighted by Crippen LogP contribution is 2.34. The van der Waals surface area contributed by atoms with Crippen LogP contribution in [0.5, 0.6) is 11.5 Å². The number of rotatable bonds is 8. The van der Waals surface area contributed by atoms with Gasteiger partial charge >= 0.3 is 0 Å². The number of halogens is 2. The van der Waals surface area contributed by atoms with Crippen LogP contribution in [0.4, 0.5) is 0 Å². The third-order valence-corrected chi connectivity index (χ3v) is 6.71. The number of imidazole rings is 1. The van der Waals surface area contributed by atoms with Crippen molar-refractivity contribution in [2.24, 2.45) is 5.10 Å². The third kappa shape index (κ3) is 5.72. The zero-order chi connectivity index (χ0) is 24.1. The summed E-state index contributed by atoms with van der Waals surface area (Å²) in [6.07, 6.45) is 1.48. The predicted molar refractivity (Wildman–Crippen MR) is 139 cm³/mol. The molecule has 10 heteroatoms. The molecule has 0 unspecified atom stereocenters. The van der Waals surface area contributed by atoms with Crippen LogP contribution < -0.4 is 10.2 Å². The maximum absolute atomic E-state index is 12.4. The van der Waals surface area contributed by atoms with E-state index in [9.17, 15) is 9.90 Å². The highest BCUT2D eigenvalue weighted by atomic mass is 79.9. The van der Waals surface area contributed by atoms with Crippen LogP contribution in [0.2, 0.25) is 5.02 Å². The second kappa shape index (κ2) is 10.9. The van der Waals surface area contributed by atoms with Crippen LogP contribution in [0.1, 0.15) is 11.1 Å². The number of hydrogen-bond donors (Lipinski definition) is 2. The number of carbonyl (C=O) groups excluding carboxylic acids is 1. The van der Waals surface area contributed by atoms with Gasteiger partial charge in [0, 0.05) is 5.02 Å². The van der Waals surface area contributed by atoms with E-state index in [-0.39, 0.29) is 17.4 Å². The van der Waals surface area contributed by atoms with Gasteiger partial charge in [-0.15, -0.1) is 0 Å². The third-order valence-electron chi connectivity index (χ3n) is 4.88. The molecule has 0 saturated heterocycles. The molecule has 0 bridgehead atoms. The fourth-order valence-corrected chi connectivity index (χ4v) is 4.65. The summed E-state index contributed by atoms with van der Waals surface area (Å²) in [4.78, 5) is 17.1. The minimum atomic E-state index is -0.267. The lowest BCUT2D eigenvalue weighted by Gasteiger charge is -2.09. The van der Waals surface area contributed by atoms with Crippen molar-refractivity contribution >= 4 is 62.4 Å². The van der Waals surface area contributed by atoms with Crippen molar-refractivity contribution in [3.63, 3.8) is 0 Å². The van der Waals surface area contributed by atoms with Crippen LogP contribution in [0.25, 0.3) is 11.0 Å². The standard InChI is InChI=1S/C24H20BrClN4O3S/c1-33-21-11-16(10-18(25)23(21)32)12-27-29-22(31)14-34-24-28-19-4-2-3-5-20(19)30(24)13-15-6-8-17(26)9-7-15/h2-12,32H,13-14H2,1H3,(H,29,31). The second-order valence-electron chi connectivity index (χ2n) is 7.23. The van der Waals surface area contributed by atoms with Gasteiger partial charge < -0.3 is 14.4 Å². The summed E-state index contributed by atoms with van der Waals surface area (Å²) in [6.45, 7) is 0.608. The average Bonchev–Trinajstić information content (AvgIpc) is 3.18. The largest absolute Gasteiger partial charge is 0.503 e. The van der Waals surface area contributed by atoms with Crippen molar-refractivity contribution in [1.82, 2.24) is 15.0 Å². The van der Waals surface area contributed by atoms with Gasteiger partial charge in [0.25, 0.3) is 5.91 Å². The molecule has 174 valence electrons. The van der Waals surface area contributed by atoms with Crippen LogP contribution in [0.15, 0.2) is 75.4 Å². The molecule has 4 rings (SSSR count). The summed E-state index contributed by atoms with van der Waals surface area (Å²) in [6, 6.07) is 18.8. The molecular weight excluding hydrogens is 540 g/mol. The number of hydrogen-bond acceptors (Lipinski definition) is 6. The minimum absolute atomic E-state index is 0.00146. The number of aromatic nitrogens is 2. The first kappa shape index (κ1) is 24.1. The molecule has 0 saturated carbocycles. The molecule has 3 aromatic carbocycles. The summed E-state index contributed by atoms with van der Waals surface area (Å²) in [5.41, 5.74) is 6.11. The van der Waals surface area contributed by atoms with E-state index in [1.807, 2.05) is 48.5 Å². The van der Waals surface area contributed by atoms with Gasteiger partial charge in [-0.1, -0.05) is 47.6 Å². The number of phenolic OH excluding ortho intramolecular Hbond substituents is 1. The van der Waals surface area contributed by atoms with Crippen molar-refractivity contribution < 1.29 is 14.6 Å². The van der Waals surface area contributed by atoms with Crippen LogP contribution in [0, 0.1) is 0 Å². The molecule has 0 aliphatic carbocycles. The van der Waals surface area contributed by atoms with E-state index in [1.165, 1.54) is 25.1 Å². The Hall–Kier alpha value is -3.01. The van der Waals surface area contributed by atoms with Crippen LogP contribution >= 0.6 is 39.3 Å². The van der Waals surface area contributed by atoms with Crippen molar-refractivity contribution in [1.29, 1.82) is 0 Å². The number of carbonyl (C=O) groups is 1. The van der Waals surface area contributed by atoms with E-state index < -0.39 is 0 Å². The van der Waals surface area contributed by atoms with Gasteiger partial charge in [-0.25, -0.2) is 10.4 Å². The molecule has 0 fully saturated rings. The molecule has 1 heterocycles. The Balaban J connectivity index is 1.44. The van der Waals surface area contributed by atoms with E-state index in [4.69, 9.17) is 21.3 Å². The van der Waals surface area contributed by atoms with E-state index in [0.717, 1.165) is 21.8 Å². The smallest absolute Gasteiger partial charge is 0.250 e. The van der Waals surface area contributed by atoms with E-state index in [2.05, 4.69) is 31.0 Å². The van der Waals surface area contributed by atoms with Gasteiger partial charge in [0.2, 0.25) is 0 Å². The maximum atomic E-state index is 12.4. The number of benzene rings is 3. The molecule has 7 nitrogen and oxygen atoms in total. The molecule has 1 aromatic heterocycles. The molecule has 0 aliphatic rings. The Morgan fingerprint density at radius 1 is 1.26 bits per heavy atom. The van der Waals surface area contributed by atoms with E-state index in [0.29, 0.717) is 27.4 Å². The van der Waals surface area contributed by atoms with Gasteiger partial charge in [0.1, 0.15) is 0 Å². The minimum Gasteiger partial charge on any atom is -0.503 e. The highest BCUT2D eigenvalue weighted by Gasteiger charge is 2.13. The number of hydrazone groups is 1. The summed E-state index contributed by atoms with van der Waals surface area (Å²) in [5, 5.41) is 15.3. The number of nitrogens with zero attached hydrogens (tertiary/aromatic N) is 3. The molecule has 34 heavy (non-hydrogen) atoms. The molecule has 2 N–H and O–H groups in total. The van der Waals surface area contributed by atoms with E-state index >= 15 is 0 Å². The van der Waals surface area contributed by atoms with Crippen LogP contribution in [0.3, 0.4) is 0 Å². The topological polar surface area (TPSA) is 88.7 Å². The number of ether oxygens (including phenoxy) is 1. The lowest BCUT2D eigenvalue weighted by molar-refractivity contribution is -0.118. The van der Waals surface area contributed by atoms with Gasteiger partial charge in [0.15, 0.2) is 16.7 Å². The molecule has 0 radical (unpaired) electrons. The molecule has 0 aliphatic heterocycles. The second-order valence-corrected chi connectivity index (χ2v) is 9.46. The zero-order valence-corrected chi connectivity index (χ0v) is 21.2. The molecule has 1 amide bonds. The predicted octanol–water partition coefficient (Wildman–Crippen LogP) is 5.46. The van der Waals surface area contributed by atoms with Gasteiger partial charge in [-0.05, 0) is 63.5 Å². The molecule has 4 aromatic rings. The highest BCUT2D eigenvalue weighted by molar-refractivity contribution is 9.10. The number of thioether (sulfide) groups is 1. The number of aromatic hydroxyl groups is 1. The van der Waals surface area contributed by atoms with Crippen LogP contribution in [-0.4, -0.2) is 39.6 Å². The lowest BCUT2D eigenvalue weighted by atomic mass is 10.2. The Morgan fingerprint density at radius 3 is 2.79 bits per heavy atom. The maximum Gasteiger partial charge on any atom is 0.250 e. The summed E-state index contributed by atoms with van der Waals surface area (Å²) >= 11 is 10.6. The number of fused-ring (bicyclic) bond motifs is 1. The Kier molecular flexibility index (Phi) is 7.77. The number of para-hydroxylation sites is 2. The van der Waals surface area contributed by atoms with Gasteiger partial charge in [0.05, 0.1) is 41.1 Å². The summed E-state index contributed by atoms with van der Waals surface area (Å²) in [5.74, 6) is 0.180. The molecular formula is C24H20BrClN4O3S.